The first kappa shape index (κ1) is 12.0. The van der Waals surface area contributed by atoms with E-state index in [1.165, 1.54) is 18.3 Å². The molecule has 2 aromatic rings. The Labute approximate surface area is 102 Å². The van der Waals surface area contributed by atoms with Crippen LogP contribution in [-0.4, -0.2) is 14.7 Å². The topological polar surface area (TPSA) is 70.2 Å². The maximum absolute atomic E-state index is 13.1. The van der Waals surface area contributed by atoms with E-state index in [1.807, 2.05) is 0 Å². The van der Waals surface area contributed by atoms with Gasteiger partial charge in [-0.2, -0.15) is 5.10 Å². The van der Waals surface area contributed by atoms with Gasteiger partial charge >= 0.3 is 0 Å². The molecular weight excluding hydrogens is 241 g/mol. The fraction of sp³-hybridized carbons (Fsp3) is 0.182. The maximum Gasteiger partial charge on any atom is 0.272 e. The number of nitro groups is 1. The van der Waals surface area contributed by atoms with Gasteiger partial charge in [0.15, 0.2) is 5.75 Å². The molecule has 6 nitrogen and oxygen atoms in total. The maximum atomic E-state index is 13.1. The molecule has 0 fully saturated rings. The van der Waals surface area contributed by atoms with Gasteiger partial charge < -0.3 is 4.74 Å². The van der Waals surface area contributed by atoms with Crippen LogP contribution in [0.4, 0.5) is 10.1 Å². The Morgan fingerprint density at radius 1 is 1.50 bits per heavy atom. The normalized spacial score (nSPS) is 10.3. The highest BCUT2D eigenvalue weighted by Gasteiger charge is 2.10. The highest BCUT2D eigenvalue weighted by molar-refractivity contribution is 5.35. The molecule has 1 heterocycles. The van der Waals surface area contributed by atoms with Crippen LogP contribution in [-0.2, 0) is 13.7 Å². The molecule has 0 aliphatic heterocycles. The standard InChI is InChI=1S/C11H10FN3O3/c1-14-6-11(5-13-14)18-7-8-2-9(12)4-10(3-8)15(16)17/h2-6H,7H2,1H3. The first-order valence-electron chi connectivity index (χ1n) is 5.10. The Hall–Kier alpha value is -2.44. The lowest BCUT2D eigenvalue weighted by molar-refractivity contribution is -0.385. The van der Waals surface area contributed by atoms with Crippen LogP contribution in [0.3, 0.4) is 0 Å². The third-order valence-electron chi connectivity index (χ3n) is 2.24. The van der Waals surface area contributed by atoms with Gasteiger partial charge in [0.1, 0.15) is 12.4 Å². The minimum Gasteiger partial charge on any atom is -0.486 e. The third kappa shape index (κ3) is 2.82. The average Bonchev–Trinajstić information content (AvgIpc) is 2.72. The Kier molecular flexibility index (Phi) is 3.22. The SMILES string of the molecule is Cn1cc(OCc2cc(F)cc([N+](=O)[O-])c2)cn1. The lowest BCUT2D eigenvalue weighted by Crippen LogP contribution is -1.98. The van der Waals surface area contributed by atoms with Crippen molar-refractivity contribution in [1.82, 2.24) is 9.78 Å². The van der Waals surface area contributed by atoms with Crippen LogP contribution in [0.5, 0.6) is 5.75 Å². The Morgan fingerprint density at radius 2 is 2.28 bits per heavy atom. The summed E-state index contributed by atoms with van der Waals surface area (Å²) in [6.07, 6.45) is 3.15. The summed E-state index contributed by atoms with van der Waals surface area (Å²) in [5.74, 6) is -0.140. The van der Waals surface area contributed by atoms with Gasteiger partial charge in [-0.25, -0.2) is 4.39 Å². The van der Waals surface area contributed by atoms with Crippen molar-refractivity contribution < 1.29 is 14.1 Å². The van der Waals surface area contributed by atoms with Gasteiger partial charge in [0, 0.05) is 13.1 Å². The molecule has 0 spiro atoms. The number of benzene rings is 1. The van der Waals surface area contributed by atoms with E-state index >= 15 is 0 Å². The Bertz CT molecular complexity index is 583. The molecule has 0 saturated carbocycles. The largest absolute Gasteiger partial charge is 0.486 e. The molecule has 7 heteroatoms. The second-order valence-electron chi connectivity index (χ2n) is 3.71. The molecule has 1 aromatic carbocycles. The average molecular weight is 251 g/mol. The Morgan fingerprint density at radius 3 is 2.89 bits per heavy atom. The molecule has 0 unspecified atom stereocenters. The quantitative estimate of drug-likeness (QED) is 0.616. The van der Waals surface area contributed by atoms with Crippen LogP contribution in [0, 0.1) is 15.9 Å². The van der Waals surface area contributed by atoms with Crippen molar-refractivity contribution >= 4 is 5.69 Å². The fourth-order valence-corrected chi connectivity index (χ4v) is 1.46. The monoisotopic (exact) mass is 251 g/mol. The van der Waals surface area contributed by atoms with Gasteiger partial charge in [0.2, 0.25) is 0 Å². The number of nitrogens with zero attached hydrogens (tertiary/aromatic N) is 3. The molecule has 0 atom stereocenters. The van der Waals surface area contributed by atoms with E-state index in [0.29, 0.717) is 11.3 Å². The molecule has 1 aromatic heterocycles. The second kappa shape index (κ2) is 4.82. The van der Waals surface area contributed by atoms with Crippen molar-refractivity contribution in [2.45, 2.75) is 6.61 Å². The van der Waals surface area contributed by atoms with Crippen molar-refractivity contribution in [2.75, 3.05) is 0 Å². The zero-order valence-corrected chi connectivity index (χ0v) is 9.54. The highest BCUT2D eigenvalue weighted by Crippen LogP contribution is 2.18. The van der Waals surface area contributed by atoms with Crippen LogP contribution in [0.15, 0.2) is 30.6 Å². The zero-order chi connectivity index (χ0) is 13.1. The lowest BCUT2D eigenvalue weighted by Gasteiger charge is -2.03. The van der Waals surface area contributed by atoms with E-state index in [1.54, 1.807) is 17.9 Å². The summed E-state index contributed by atoms with van der Waals surface area (Å²) in [7, 11) is 1.74. The van der Waals surface area contributed by atoms with E-state index in [2.05, 4.69) is 5.10 Å². The number of aromatic nitrogens is 2. The Balaban J connectivity index is 2.11. The van der Waals surface area contributed by atoms with Crippen molar-refractivity contribution in [3.05, 3.63) is 52.1 Å². The van der Waals surface area contributed by atoms with Gasteiger partial charge in [-0.3, -0.25) is 14.8 Å². The summed E-state index contributed by atoms with van der Waals surface area (Å²) in [5, 5.41) is 14.5. The van der Waals surface area contributed by atoms with Gasteiger partial charge in [-0.1, -0.05) is 0 Å². The van der Waals surface area contributed by atoms with Crippen molar-refractivity contribution in [1.29, 1.82) is 0 Å². The molecule has 0 bridgehead atoms. The molecule has 2 rings (SSSR count). The summed E-state index contributed by atoms with van der Waals surface area (Å²) in [5.41, 5.74) is 0.102. The first-order valence-corrected chi connectivity index (χ1v) is 5.10. The van der Waals surface area contributed by atoms with E-state index in [4.69, 9.17) is 4.74 Å². The van der Waals surface area contributed by atoms with E-state index in [-0.39, 0.29) is 12.3 Å². The number of rotatable bonds is 4. The second-order valence-corrected chi connectivity index (χ2v) is 3.71. The number of nitro benzene ring substituents is 1. The van der Waals surface area contributed by atoms with E-state index < -0.39 is 10.7 Å². The molecular formula is C11H10FN3O3. The number of ether oxygens (including phenoxy) is 1. The molecule has 0 saturated heterocycles. The summed E-state index contributed by atoms with van der Waals surface area (Å²) in [4.78, 5) is 9.93. The summed E-state index contributed by atoms with van der Waals surface area (Å²) in [6, 6.07) is 3.34. The summed E-state index contributed by atoms with van der Waals surface area (Å²) >= 11 is 0. The van der Waals surface area contributed by atoms with Crippen molar-refractivity contribution in [2.24, 2.45) is 7.05 Å². The van der Waals surface area contributed by atoms with Crippen LogP contribution >= 0.6 is 0 Å². The van der Waals surface area contributed by atoms with E-state index in [0.717, 1.165) is 6.07 Å². The number of aryl methyl sites for hydroxylation is 1. The minimum absolute atomic E-state index is 0.0459. The predicted octanol–water partition coefficient (Wildman–Crippen LogP) is 2.05. The summed E-state index contributed by atoms with van der Waals surface area (Å²) < 4.78 is 20.0. The molecule has 94 valence electrons. The molecule has 18 heavy (non-hydrogen) atoms. The number of non-ortho nitro benzene ring substituents is 1. The molecule has 0 aliphatic rings. The van der Waals surface area contributed by atoms with Crippen LogP contribution in [0.25, 0.3) is 0 Å². The van der Waals surface area contributed by atoms with Crippen molar-refractivity contribution in [3.8, 4) is 5.75 Å². The summed E-state index contributed by atoms with van der Waals surface area (Å²) in [6.45, 7) is 0.0459. The number of halogens is 1. The highest BCUT2D eigenvalue weighted by atomic mass is 19.1. The van der Waals surface area contributed by atoms with Gasteiger partial charge in [-0.05, 0) is 11.6 Å². The minimum atomic E-state index is -0.658. The zero-order valence-electron chi connectivity index (χ0n) is 9.54. The van der Waals surface area contributed by atoms with Crippen molar-refractivity contribution in [3.63, 3.8) is 0 Å². The number of hydrogen-bond donors (Lipinski definition) is 0. The first-order chi connectivity index (χ1) is 8.54. The van der Waals surface area contributed by atoms with E-state index in [9.17, 15) is 14.5 Å². The molecule has 0 radical (unpaired) electrons. The van der Waals surface area contributed by atoms with Gasteiger partial charge in [0.05, 0.1) is 23.4 Å². The van der Waals surface area contributed by atoms with Gasteiger partial charge in [-0.15, -0.1) is 0 Å². The van der Waals surface area contributed by atoms with Gasteiger partial charge in [0.25, 0.3) is 5.69 Å². The predicted molar refractivity (Wildman–Crippen MR) is 60.6 cm³/mol. The molecule has 0 N–H and O–H groups in total. The smallest absolute Gasteiger partial charge is 0.272 e. The molecule has 0 amide bonds. The molecule has 0 aliphatic carbocycles. The number of hydrogen-bond acceptors (Lipinski definition) is 4. The van der Waals surface area contributed by atoms with Crippen LogP contribution in [0.2, 0.25) is 0 Å². The fourth-order valence-electron chi connectivity index (χ4n) is 1.46. The van der Waals surface area contributed by atoms with Crippen LogP contribution in [0.1, 0.15) is 5.56 Å². The van der Waals surface area contributed by atoms with Crippen LogP contribution < -0.4 is 4.74 Å². The lowest BCUT2D eigenvalue weighted by atomic mass is 10.2. The third-order valence-corrected chi connectivity index (χ3v) is 2.24.